The average Bonchev–Trinajstić information content (AvgIpc) is 2.59. The molecule has 2 heteroatoms. The molecule has 0 radical (unpaired) electrons. The summed E-state index contributed by atoms with van der Waals surface area (Å²) in [5, 5.41) is 0. The lowest BCUT2D eigenvalue weighted by molar-refractivity contribution is -0.104. The first kappa shape index (κ1) is 17.0. The number of allylic oxidation sites excluding steroid dienone is 2. The Balaban J connectivity index is 1.91. The Morgan fingerprint density at radius 2 is 1.91 bits per heavy atom. The Bertz CT molecular complexity index is 479. The molecule has 0 aliphatic heterocycles. The van der Waals surface area contributed by atoms with E-state index < -0.39 is 0 Å². The molecule has 1 saturated carbocycles. The molecule has 1 aliphatic carbocycles. The molecule has 0 heterocycles. The lowest BCUT2D eigenvalue weighted by atomic mass is 9.74. The molecule has 0 spiro atoms. The highest BCUT2D eigenvalue weighted by molar-refractivity contribution is 5.64. The molecule has 0 amide bonds. The largest absolute Gasteiger partial charge is 0.378 e. The summed E-state index contributed by atoms with van der Waals surface area (Å²) < 4.78 is 5.86. The zero-order chi connectivity index (χ0) is 15.8. The van der Waals surface area contributed by atoms with Crippen LogP contribution in [-0.4, -0.2) is 19.0 Å². The zero-order valence-corrected chi connectivity index (χ0v) is 13.9. The predicted octanol–water partition coefficient (Wildman–Crippen LogP) is 4.83. The summed E-state index contributed by atoms with van der Waals surface area (Å²) in [5.41, 5.74) is 2.89. The molecule has 2 nitrogen and oxygen atoms in total. The van der Waals surface area contributed by atoms with Gasteiger partial charge in [0.2, 0.25) is 0 Å². The van der Waals surface area contributed by atoms with E-state index in [0.717, 1.165) is 38.4 Å². The Hall–Kier alpha value is -1.41. The predicted molar refractivity (Wildman–Crippen MR) is 91.2 cm³/mol. The number of carbonyl (C=O) groups excluding carboxylic acids is 1. The average molecular weight is 300 g/mol. The first-order valence-corrected chi connectivity index (χ1v) is 8.47. The van der Waals surface area contributed by atoms with Crippen LogP contribution in [0.1, 0.15) is 62.5 Å². The summed E-state index contributed by atoms with van der Waals surface area (Å²) in [6.07, 6.45) is 12.0. The number of benzene rings is 1. The van der Waals surface area contributed by atoms with Gasteiger partial charge in [-0.25, -0.2) is 0 Å². The zero-order valence-electron chi connectivity index (χ0n) is 13.9. The van der Waals surface area contributed by atoms with Gasteiger partial charge in [-0.1, -0.05) is 37.3 Å². The number of hydrogen-bond donors (Lipinski definition) is 0. The Labute approximate surface area is 134 Å². The summed E-state index contributed by atoms with van der Waals surface area (Å²) >= 11 is 0. The molecule has 1 fully saturated rings. The minimum atomic E-state index is 0.00703. The smallest absolute Gasteiger partial charge is 0.142 e. The molecule has 1 aromatic rings. The van der Waals surface area contributed by atoms with Crippen molar-refractivity contribution in [1.29, 1.82) is 0 Å². The van der Waals surface area contributed by atoms with Crippen molar-refractivity contribution in [3.8, 4) is 0 Å². The fraction of sp³-hybridized carbons (Fsp3) is 0.550. The maximum Gasteiger partial charge on any atom is 0.142 e. The van der Waals surface area contributed by atoms with Gasteiger partial charge in [0.1, 0.15) is 6.29 Å². The van der Waals surface area contributed by atoms with E-state index in [1.54, 1.807) is 6.08 Å². The Kier molecular flexibility index (Phi) is 6.38. The van der Waals surface area contributed by atoms with Crippen LogP contribution in [-0.2, 0) is 16.0 Å². The van der Waals surface area contributed by atoms with E-state index in [-0.39, 0.29) is 5.60 Å². The van der Waals surface area contributed by atoms with Crippen molar-refractivity contribution in [1.82, 2.24) is 0 Å². The second-order valence-corrected chi connectivity index (χ2v) is 6.36. The van der Waals surface area contributed by atoms with Crippen molar-refractivity contribution < 1.29 is 9.53 Å². The van der Waals surface area contributed by atoms with Crippen LogP contribution in [0, 0.1) is 0 Å². The summed E-state index contributed by atoms with van der Waals surface area (Å²) in [6, 6.07) is 9.13. The van der Waals surface area contributed by atoms with Crippen LogP contribution in [0.2, 0.25) is 0 Å². The van der Waals surface area contributed by atoms with Crippen LogP contribution in [0.3, 0.4) is 0 Å². The number of rotatable bonds is 7. The molecule has 0 unspecified atom stereocenters. The minimum absolute atomic E-state index is 0.00703. The fourth-order valence-corrected chi connectivity index (χ4v) is 3.56. The number of methoxy groups -OCH3 is 1. The topological polar surface area (TPSA) is 26.3 Å². The SMILES string of the molecule is CCc1ccc(C2CCC(CCC=CC=O)(OC)CC2)cc1. The van der Waals surface area contributed by atoms with Crippen molar-refractivity contribution >= 4 is 6.29 Å². The van der Waals surface area contributed by atoms with Gasteiger partial charge in [0.15, 0.2) is 0 Å². The number of carbonyl (C=O) groups is 1. The van der Waals surface area contributed by atoms with Gasteiger partial charge < -0.3 is 4.74 Å². The second-order valence-electron chi connectivity index (χ2n) is 6.36. The molecule has 120 valence electrons. The van der Waals surface area contributed by atoms with Gasteiger partial charge in [-0.2, -0.15) is 0 Å². The molecule has 22 heavy (non-hydrogen) atoms. The van der Waals surface area contributed by atoms with Crippen molar-refractivity contribution in [3.05, 3.63) is 47.5 Å². The summed E-state index contributed by atoms with van der Waals surface area (Å²) in [5.74, 6) is 0.666. The maximum absolute atomic E-state index is 10.3. The third-order valence-corrected chi connectivity index (χ3v) is 5.17. The van der Waals surface area contributed by atoms with Crippen LogP contribution in [0.15, 0.2) is 36.4 Å². The van der Waals surface area contributed by atoms with E-state index in [2.05, 4.69) is 31.2 Å². The van der Waals surface area contributed by atoms with Crippen molar-refractivity contribution in [2.75, 3.05) is 7.11 Å². The minimum Gasteiger partial charge on any atom is -0.378 e. The van der Waals surface area contributed by atoms with Gasteiger partial charge >= 0.3 is 0 Å². The van der Waals surface area contributed by atoms with Crippen LogP contribution >= 0.6 is 0 Å². The quantitative estimate of drug-likeness (QED) is 0.532. The summed E-state index contributed by atoms with van der Waals surface area (Å²) in [6.45, 7) is 2.20. The van der Waals surface area contributed by atoms with E-state index in [1.807, 2.05) is 13.2 Å². The molecule has 1 aromatic carbocycles. The summed E-state index contributed by atoms with van der Waals surface area (Å²) in [4.78, 5) is 10.3. The number of ether oxygens (including phenoxy) is 1. The van der Waals surface area contributed by atoms with Gasteiger partial charge in [-0.15, -0.1) is 0 Å². The molecule has 0 saturated heterocycles. The second kappa shape index (κ2) is 8.28. The van der Waals surface area contributed by atoms with Gasteiger partial charge in [0.25, 0.3) is 0 Å². The third-order valence-electron chi connectivity index (χ3n) is 5.17. The molecular weight excluding hydrogens is 272 g/mol. The molecular formula is C20H28O2. The van der Waals surface area contributed by atoms with Crippen LogP contribution in [0.4, 0.5) is 0 Å². The number of hydrogen-bond acceptors (Lipinski definition) is 2. The van der Waals surface area contributed by atoms with E-state index in [9.17, 15) is 4.79 Å². The standard InChI is InChI=1S/C20H28O2/c1-3-17-7-9-18(10-8-17)19-11-14-20(22-2,15-12-19)13-5-4-6-16-21/h4,6-10,16,19H,3,5,11-15H2,1-2H3. The molecule has 1 aliphatic rings. The Morgan fingerprint density at radius 1 is 1.23 bits per heavy atom. The monoisotopic (exact) mass is 300 g/mol. The molecule has 0 atom stereocenters. The van der Waals surface area contributed by atoms with Crippen LogP contribution in [0.5, 0.6) is 0 Å². The van der Waals surface area contributed by atoms with Gasteiger partial charge in [-0.3, -0.25) is 4.79 Å². The Morgan fingerprint density at radius 3 is 2.45 bits per heavy atom. The highest BCUT2D eigenvalue weighted by Crippen LogP contribution is 2.42. The highest BCUT2D eigenvalue weighted by Gasteiger charge is 2.34. The van der Waals surface area contributed by atoms with Crippen LogP contribution in [0.25, 0.3) is 0 Å². The number of aldehydes is 1. The van der Waals surface area contributed by atoms with Gasteiger partial charge in [0.05, 0.1) is 5.60 Å². The lowest BCUT2D eigenvalue weighted by Gasteiger charge is -2.39. The van der Waals surface area contributed by atoms with Crippen molar-refractivity contribution in [3.63, 3.8) is 0 Å². The van der Waals surface area contributed by atoms with Crippen molar-refractivity contribution in [2.45, 2.75) is 63.4 Å². The molecule has 2 rings (SSSR count). The molecule has 0 aromatic heterocycles. The molecule has 0 N–H and O–H groups in total. The van der Waals surface area contributed by atoms with E-state index in [0.29, 0.717) is 5.92 Å². The highest BCUT2D eigenvalue weighted by atomic mass is 16.5. The van der Waals surface area contributed by atoms with Crippen LogP contribution < -0.4 is 0 Å². The maximum atomic E-state index is 10.3. The fourth-order valence-electron chi connectivity index (χ4n) is 3.56. The van der Waals surface area contributed by atoms with E-state index >= 15 is 0 Å². The first-order valence-electron chi connectivity index (χ1n) is 8.47. The first-order chi connectivity index (χ1) is 10.7. The van der Waals surface area contributed by atoms with Gasteiger partial charge in [0, 0.05) is 7.11 Å². The van der Waals surface area contributed by atoms with Gasteiger partial charge in [-0.05, 0) is 68.1 Å². The van der Waals surface area contributed by atoms with Crippen molar-refractivity contribution in [2.24, 2.45) is 0 Å². The molecule has 0 bridgehead atoms. The normalized spacial score (nSPS) is 25.5. The summed E-state index contributed by atoms with van der Waals surface area (Å²) in [7, 11) is 1.83. The third kappa shape index (κ3) is 4.30. The van der Waals surface area contributed by atoms with E-state index in [1.165, 1.54) is 24.0 Å². The number of aryl methyl sites for hydroxylation is 1. The lowest BCUT2D eigenvalue weighted by Crippen LogP contribution is -2.35. The van der Waals surface area contributed by atoms with E-state index in [4.69, 9.17) is 4.74 Å².